The number of carbonyl (C=O) groups is 2. The number of hydrogen-bond acceptors (Lipinski definition) is 3. The zero-order valence-corrected chi connectivity index (χ0v) is 13.9. The first-order valence-electron chi connectivity index (χ1n) is 8.16. The van der Waals surface area contributed by atoms with Crippen LogP contribution in [-0.2, 0) is 14.3 Å². The third-order valence-corrected chi connectivity index (χ3v) is 4.49. The maximum atomic E-state index is 12.5. The Bertz CT molecular complexity index is 742. The molecule has 1 aliphatic heterocycles. The molecule has 4 nitrogen and oxygen atoms in total. The lowest BCUT2D eigenvalue weighted by Crippen LogP contribution is -2.45. The molecule has 4 heteroatoms. The summed E-state index contributed by atoms with van der Waals surface area (Å²) >= 11 is 0. The van der Waals surface area contributed by atoms with Gasteiger partial charge in [-0.25, -0.2) is 0 Å². The Morgan fingerprint density at radius 3 is 2.50 bits per heavy atom. The van der Waals surface area contributed by atoms with E-state index in [1.165, 1.54) is 0 Å². The van der Waals surface area contributed by atoms with Gasteiger partial charge in [0, 0.05) is 0 Å². The van der Waals surface area contributed by atoms with Gasteiger partial charge in [0.05, 0.1) is 12.0 Å². The number of Topliss-reactive ketones (excluding diaryl/α,β-unsaturated/α-hetero) is 1. The molecule has 3 unspecified atom stereocenters. The highest BCUT2D eigenvalue weighted by Gasteiger charge is 2.34. The van der Waals surface area contributed by atoms with Crippen LogP contribution >= 0.6 is 0 Å². The Balaban J connectivity index is 1.76. The van der Waals surface area contributed by atoms with E-state index in [-0.39, 0.29) is 30.3 Å². The van der Waals surface area contributed by atoms with Crippen molar-refractivity contribution in [3.63, 3.8) is 0 Å². The summed E-state index contributed by atoms with van der Waals surface area (Å²) in [5, 5.41) is 2.82. The molecule has 1 N–H and O–H groups in total. The zero-order valence-electron chi connectivity index (χ0n) is 13.9. The highest BCUT2D eigenvalue weighted by molar-refractivity contribution is 5.93. The molecule has 1 fully saturated rings. The maximum Gasteiger partial charge on any atom is 0.227 e. The summed E-state index contributed by atoms with van der Waals surface area (Å²) in [6.07, 6.45) is -0.274. The van der Waals surface area contributed by atoms with E-state index in [0.717, 1.165) is 16.7 Å². The molecule has 1 amide bonds. The van der Waals surface area contributed by atoms with Gasteiger partial charge in [0.2, 0.25) is 5.91 Å². The van der Waals surface area contributed by atoms with Crippen LogP contribution in [-0.4, -0.2) is 30.4 Å². The first-order valence-corrected chi connectivity index (χ1v) is 8.16. The van der Waals surface area contributed by atoms with Crippen LogP contribution in [0.4, 0.5) is 0 Å². The molecule has 124 valence electrons. The lowest BCUT2D eigenvalue weighted by Gasteiger charge is -2.19. The molecule has 0 radical (unpaired) electrons. The molecule has 0 saturated carbocycles. The first kappa shape index (κ1) is 16.4. The van der Waals surface area contributed by atoms with Gasteiger partial charge in [-0.05, 0) is 30.5 Å². The Kier molecular flexibility index (Phi) is 4.76. The van der Waals surface area contributed by atoms with Crippen LogP contribution in [0.3, 0.4) is 0 Å². The van der Waals surface area contributed by atoms with Gasteiger partial charge in [0.25, 0.3) is 0 Å². The molecule has 2 aromatic carbocycles. The van der Waals surface area contributed by atoms with Crippen LogP contribution in [0.1, 0.15) is 25.3 Å². The van der Waals surface area contributed by atoms with Crippen LogP contribution in [0.15, 0.2) is 54.6 Å². The number of carbonyl (C=O) groups excluding carboxylic acids is 2. The lowest BCUT2D eigenvalue weighted by atomic mass is 9.95. The summed E-state index contributed by atoms with van der Waals surface area (Å²) in [7, 11) is 0. The second kappa shape index (κ2) is 6.97. The molecule has 3 atom stereocenters. The van der Waals surface area contributed by atoms with E-state index >= 15 is 0 Å². The summed E-state index contributed by atoms with van der Waals surface area (Å²) in [6, 6.07) is 17.4. The Labute approximate surface area is 141 Å². The first-order chi connectivity index (χ1) is 11.6. The molecule has 1 aliphatic rings. The molecule has 2 aromatic rings. The van der Waals surface area contributed by atoms with Gasteiger partial charge in [-0.1, -0.05) is 54.6 Å². The monoisotopic (exact) mass is 323 g/mol. The highest BCUT2D eigenvalue weighted by atomic mass is 16.5. The van der Waals surface area contributed by atoms with Crippen molar-refractivity contribution >= 4 is 11.7 Å². The standard InChI is InChI=1S/C20H21NO3/c1-13(20(23)21-19-14(2)24-12-18(19)22)16-9-6-10-17(11-16)15-7-4-3-5-8-15/h3-11,13-14,19H,12H2,1-2H3,(H,21,23). The van der Waals surface area contributed by atoms with E-state index in [1.807, 2.05) is 61.5 Å². The molecule has 0 spiro atoms. The second-order valence-electron chi connectivity index (χ2n) is 6.18. The largest absolute Gasteiger partial charge is 0.368 e. The number of hydrogen-bond donors (Lipinski definition) is 1. The van der Waals surface area contributed by atoms with Gasteiger partial charge in [-0.2, -0.15) is 0 Å². The molecule has 24 heavy (non-hydrogen) atoms. The average molecular weight is 323 g/mol. The quantitative estimate of drug-likeness (QED) is 0.941. The van der Waals surface area contributed by atoms with Crippen molar-refractivity contribution in [3.05, 3.63) is 60.2 Å². The van der Waals surface area contributed by atoms with Gasteiger partial charge in [0.15, 0.2) is 5.78 Å². The van der Waals surface area contributed by atoms with E-state index in [0.29, 0.717) is 0 Å². The van der Waals surface area contributed by atoms with E-state index in [2.05, 4.69) is 5.32 Å². The SMILES string of the molecule is CC(C(=O)NC1C(=O)COC1C)c1cccc(-c2ccccc2)c1. The summed E-state index contributed by atoms with van der Waals surface area (Å²) in [6.45, 7) is 3.73. The molecular weight excluding hydrogens is 302 g/mol. The van der Waals surface area contributed by atoms with Gasteiger partial charge < -0.3 is 10.1 Å². The Morgan fingerprint density at radius 2 is 1.83 bits per heavy atom. The van der Waals surface area contributed by atoms with Crippen LogP contribution < -0.4 is 5.32 Å². The predicted molar refractivity (Wildman–Crippen MR) is 92.6 cm³/mol. The fourth-order valence-corrected chi connectivity index (χ4v) is 2.91. The van der Waals surface area contributed by atoms with Crippen molar-refractivity contribution in [3.8, 4) is 11.1 Å². The van der Waals surface area contributed by atoms with Crippen molar-refractivity contribution in [1.82, 2.24) is 5.32 Å². The fraction of sp³-hybridized carbons (Fsp3) is 0.300. The average Bonchev–Trinajstić information content (AvgIpc) is 2.94. The van der Waals surface area contributed by atoms with Gasteiger partial charge >= 0.3 is 0 Å². The minimum atomic E-state index is -0.544. The summed E-state index contributed by atoms with van der Waals surface area (Å²) < 4.78 is 5.28. The summed E-state index contributed by atoms with van der Waals surface area (Å²) in [5.74, 6) is -0.564. The highest BCUT2D eigenvalue weighted by Crippen LogP contribution is 2.24. The topological polar surface area (TPSA) is 55.4 Å². The van der Waals surface area contributed by atoms with Crippen LogP contribution in [0, 0.1) is 0 Å². The Hall–Kier alpha value is -2.46. The van der Waals surface area contributed by atoms with E-state index in [9.17, 15) is 9.59 Å². The van der Waals surface area contributed by atoms with Gasteiger partial charge in [-0.15, -0.1) is 0 Å². The summed E-state index contributed by atoms with van der Waals surface area (Å²) in [5.41, 5.74) is 3.11. The molecule has 3 rings (SSSR count). The van der Waals surface area contributed by atoms with Gasteiger partial charge in [0.1, 0.15) is 12.6 Å². The van der Waals surface area contributed by atoms with Crippen LogP contribution in [0.2, 0.25) is 0 Å². The number of benzene rings is 2. The second-order valence-corrected chi connectivity index (χ2v) is 6.18. The van der Waals surface area contributed by atoms with Crippen molar-refractivity contribution in [2.45, 2.75) is 31.9 Å². The third-order valence-electron chi connectivity index (χ3n) is 4.49. The minimum Gasteiger partial charge on any atom is -0.368 e. The number of rotatable bonds is 4. The zero-order chi connectivity index (χ0) is 17.1. The maximum absolute atomic E-state index is 12.5. The van der Waals surface area contributed by atoms with Gasteiger partial charge in [-0.3, -0.25) is 9.59 Å². The number of nitrogens with one attached hydrogen (secondary N) is 1. The van der Waals surface area contributed by atoms with E-state index in [4.69, 9.17) is 4.74 Å². The van der Waals surface area contributed by atoms with E-state index < -0.39 is 6.04 Å². The summed E-state index contributed by atoms with van der Waals surface area (Å²) in [4.78, 5) is 24.3. The minimum absolute atomic E-state index is 0.0684. The Morgan fingerprint density at radius 1 is 1.12 bits per heavy atom. The normalized spacial score (nSPS) is 21.5. The molecule has 0 bridgehead atoms. The molecule has 0 aromatic heterocycles. The van der Waals surface area contributed by atoms with Crippen molar-refractivity contribution in [1.29, 1.82) is 0 Å². The fourth-order valence-electron chi connectivity index (χ4n) is 2.91. The van der Waals surface area contributed by atoms with E-state index in [1.54, 1.807) is 6.92 Å². The molecule has 0 aliphatic carbocycles. The number of ketones is 1. The van der Waals surface area contributed by atoms with Crippen LogP contribution in [0.5, 0.6) is 0 Å². The molecule has 1 heterocycles. The van der Waals surface area contributed by atoms with Crippen molar-refractivity contribution in [2.24, 2.45) is 0 Å². The molecular formula is C20H21NO3. The predicted octanol–water partition coefficient (Wildman–Crippen LogP) is 2.93. The number of ether oxygens (including phenoxy) is 1. The van der Waals surface area contributed by atoms with Crippen molar-refractivity contribution < 1.29 is 14.3 Å². The smallest absolute Gasteiger partial charge is 0.227 e. The van der Waals surface area contributed by atoms with Crippen molar-refractivity contribution in [2.75, 3.05) is 6.61 Å². The lowest BCUT2D eigenvalue weighted by molar-refractivity contribution is -0.127. The molecule has 1 saturated heterocycles. The van der Waals surface area contributed by atoms with Crippen LogP contribution in [0.25, 0.3) is 11.1 Å². The third kappa shape index (κ3) is 3.39. The number of amides is 1.